The van der Waals surface area contributed by atoms with Gasteiger partial charge in [-0.25, -0.2) is 0 Å². The summed E-state index contributed by atoms with van der Waals surface area (Å²) in [5.41, 5.74) is 0.178. The largest absolute Gasteiger partial charge is 0.489 e. The number of ether oxygens (including phenoxy) is 1. The van der Waals surface area contributed by atoms with Crippen molar-refractivity contribution in [3.8, 4) is 16.9 Å². The summed E-state index contributed by atoms with van der Waals surface area (Å²) in [6, 6.07) is 7.42. The van der Waals surface area contributed by atoms with Crippen LogP contribution in [0.1, 0.15) is 6.92 Å². The lowest BCUT2D eigenvalue weighted by Gasteiger charge is -2.10. The van der Waals surface area contributed by atoms with E-state index in [4.69, 9.17) is 4.74 Å². The topological polar surface area (TPSA) is 43.4 Å². The highest BCUT2D eigenvalue weighted by molar-refractivity contribution is 14.1. The molecular formula is C12H9IO3. The summed E-state index contributed by atoms with van der Waals surface area (Å²) in [4.78, 5) is 22.7. The molecule has 0 heterocycles. The summed E-state index contributed by atoms with van der Waals surface area (Å²) in [5, 5.41) is 0. The van der Waals surface area contributed by atoms with Gasteiger partial charge in [-0.2, -0.15) is 0 Å². The first-order chi connectivity index (χ1) is 7.65. The lowest BCUT2D eigenvalue weighted by molar-refractivity contribution is 0.334. The van der Waals surface area contributed by atoms with Crippen LogP contribution >= 0.6 is 22.6 Å². The van der Waals surface area contributed by atoms with Crippen molar-refractivity contribution in [1.29, 1.82) is 0 Å². The average Bonchev–Trinajstić information content (AvgIpc) is 2.30. The third kappa shape index (κ3) is 1.77. The highest BCUT2D eigenvalue weighted by Crippen LogP contribution is 2.25. The number of hydrogen-bond acceptors (Lipinski definition) is 3. The van der Waals surface area contributed by atoms with Gasteiger partial charge in [-0.3, -0.25) is 9.59 Å². The zero-order chi connectivity index (χ0) is 11.7. The predicted octanol–water partition coefficient (Wildman–Crippen LogP) is 1.95. The van der Waals surface area contributed by atoms with Gasteiger partial charge < -0.3 is 4.74 Å². The van der Waals surface area contributed by atoms with Gasteiger partial charge in [-0.1, -0.05) is 12.1 Å². The first kappa shape index (κ1) is 11.3. The molecule has 16 heavy (non-hydrogen) atoms. The molecule has 0 amide bonds. The Morgan fingerprint density at radius 3 is 2.31 bits per heavy atom. The molecule has 0 aliphatic carbocycles. The second-order valence-corrected chi connectivity index (χ2v) is 4.55. The molecule has 0 aliphatic rings. The monoisotopic (exact) mass is 328 g/mol. The Balaban J connectivity index is 2.49. The van der Waals surface area contributed by atoms with Crippen molar-refractivity contribution in [2.75, 3.05) is 6.61 Å². The van der Waals surface area contributed by atoms with E-state index in [9.17, 15) is 9.59 Å². The maximum Gasteiger partial charge on any atom is 0.268 e. The molecule has 2 aromatic carbocycles. The van der Waals surface area contributed by atoms with Gasteiger partial charge in [0, 0.05) is 3.57 Å². The van der Waals surface area contributed by atoms with Gasteiger partial charge in [0.2, 0.25) is 5.43 Å². The molecule has 0 unspecified atom stereocenters. The number of rotatable bonds is 3. The first-order valence-electron chi connectivity index (χ1n) is 4.87. The van der Waals surface area contributed by atoms with E-state index in [0.717, 1.165) is 9.13 Å². The quantitative estimate of drug-likeness (QED) is 0.639. The average molecular weight is 328 g/mol. The minimum absolute atomic E-state index is 0.203. The molecule has 2 aromatic rings. The minimum atomic E-state index is -0.518. The van der Waals surface area contributed by atoms with Crippen LogP contribution in [0.4, 0.5) is 0 Å². The van der Waals surface area contributed by atoms with Crippen LogP contribution < -0.4 is 15.6 Å². The number of hydrogen-bond donors (Lipinski definition) is 0. The molecule has 0 spiro atoms. The molecule has 0 aliphatic heterocycles. The molecule has 0 radical (unpaired) electrons. The fourth-order valence-electron chi connectivity index (χ4n) is 1.53. The Kier molecular flexibility index (Phi) is 3.09. The molecule has 4 heteroatoms. The van der Waals surface area contributed by atoms with Crippen LogP contribution in [0.25, 0.3) is 11.1 Å². The molecule has 0 fully saturated rings. The normalized spacial score (nSPS) is 10.6. The Morgan fingerprint density at radius 1 is 1.12 bits per heavy atom. The minimum Gasteiger partial charge on any atom is -0.489 e. The van der Waals surface area contributed by atoms with Crippen molar-refractivity contribution in [2.24, 2.45) is 0 Å². The van der Waals surface area contributed by atoms with E-state index in [1.54, 1.807) is 6.92 Å². The van der Waals surface area contributed by atoms with Crippen molar-refractivity contribution < 1.29 is 4.74 Å². The third-order valence-corrected chi connectivity index (χ3v) is 3.01. The van der Waals surface area contributed by atoms with Gasteiger partial charge in [-0.15, -0.1) is 0 Å². The Morgan fingerprint density at radius 2 is 1.75 bits per heavy atom. The third-order valence-electron chi connectivity index (χ3n) is 2.29. The summed E-state index contributed by atoms with van der Waals surface area (Å²) < 4.78 is 6.25. The molecule has 82 valence electrons. The van der Waals surface area contributed by atoms with Gasteiger partial charge in [0.15, 0.2) is 5.75 Å². The molecule has 0 N–H and O–H groups in total. The summed E-state index contributed by atoms with van der Waals surface area (Å²) in [7, 11) is 0. The smallest absolute Gasteiger partial charge is 0.268 e. The van der Waals surface area contributed by atoms with Crippen molar-refractivity contribution in [3.05, 3.63) is 48.3 Å². The van der Waals surface area contributed by atoms with Crippen LogP contribution in [0, 0.1) is 3.57 Å². The van der Waals surface area contributed by atoms with Gasteiger partial charge in [0.05, 0.1) is 12.2 Å². The molecule has 0 atom stereocenters. The molecule has 3 nitrogen and oxygen atoms in total. The van der Waals surface area contributed by atoms with Crippen molar-refractivity contribution in [1.82, 2.24) is 0 Å². The fraction of sp³-hybridized carbons (Fsp3) is 0.167. The lowest BCUT2D eigenvalue weighted by Crippen LogP contribution is -2.34. The summed E-state index contributed by atoms with van der Waals surface area (Å²) in [6.45, 7) is 2.18. The lowest BCUT2D eigenvalue weighted by atomic mass is 10.0. The molecule has 0 aromatic heterocycles. The number of benzene rings is 1. The first-order valence-corrected chi connectivity index (χ1v) is 5.95. The molecule has 0 saturated heterocycles. The van der Waals surface area contributed by atoms with Gasteiger partial charge in [0.25, 0.3) is 5.43 Å². The zero-order valence-corrected chi connectivity index (χ0v) is 10.8. The van der Waals surface area contributed by atoms with Crippen LogP contribution in [0.5, 0.6) is 5.75 Å². The molecule has 0 saturated carbocycles. The van der Waals surface area contributed by atoms with Gasteiger partial charge in [-0.05, 0) is 47.2 Å². The van der Waals surface area contributed by atoms with Crippen LogP contribution in [-0.4, -0.2) is 6.61 Å². The Hall–Kier alpha value is -1.17. The number of halogens is 1. The standard InChI is InChI=1S/C12H9IO3/c1-2-16-12-9(10(14)11(12)15)7-3-5-8(13)6-4-7/h3-6H,2H2,1H3. The Labute approximate surface area is 106 Å². The SMILES string of the molecule is CCOc1c(-c2ccc(I)cc2)c(=O)c1=O. The second kappa shape index (κ2) is 4.37. The van der Waals surface area contributed by atoms with E-state index in [-0.39, 0.29) is 5.75 Å². The molecular weight excluding hydrogens is 319 g/mol. The van der Waals surface area contributed by atoms with Crippen LogP contribution in [0.3, 0.4) is 0 Å². The van der Waals surface area contributed by atoms with E-state index in [2.05, 4.69) is 22.6 Å². The van der Waals surface area contributed by atoms with E-state index < -0.39 is 10.9 Å². The molecule has 0 bridgehead atoms. The maximum atomic E-state index is 11.4. The summed E-state index contributed by atoms with van der Waals surface area (Å²) in [5.74, 6) is 0.203. The molecule has 2 rings (SSSR count). The summed E-state index contributed by atoms with van der Waals surface area (Å²) >= 11 is 2.18. The van der Waals surface area contributed by atoms with Gasteiger partial charge >= 0.3 is 0 Å². The van der Waals surface area contributed by atoms with Crippen molar-refractivity contribution in [3.63, 3.8) is 0 Å². The fourth-order valence-corrected chi connectivity index (χ4v) is 1.89. The highest BCUT2D eigenvalue weighted by atomic mass is 127. The van der Waals surface area contributed by atoms with E-state index in [0.29, 0.717) is 12.2 Å². The van der Waals surface area contributed by atoms with Crippen molar-refractivity contribution >= 4 is 22.6 Å². The van der Waals surface area contributed by atoms with Crippen LogP contribution in [-0.2, 0) is 0 Å². The highest BCUT2D eigenvalue weighted by Gasteiger charge is 2.23. The van der Waals surface area contributed by atoms with Crippen LogP contribution in [0.15, 0.2) is 33.9 Å². The second-order valence-electron chi connectivity index (χ2n) is 3.30. The van der Waals surface area contributed by atoms with Gasteiger partial charge in [0.1, 0.15) is 0 Å². The van der Waals surface area contributed by atoms with Crippen molar-refractivity contribution in [2.45, 2.75) is 6.92 Å². The maximum absolute atomic E-state index is 11.4. The zero-order valence-electron chi connectivity index (χ0n) is 8.62. The van der Waals surface area contributed by atoms with E-state index in [1.807, 2.05) is 24.3 Å². The Bertz CT molecular complexity index is 577. The van der Waals surface area contributed by atoms with Crippen LogP contribution in [0.2, 0.25) is 0 Å². The van der Waals surface area contributed by atoms with E-state index in [1.165, 1.54) is 0 Å². The van der Waals surface area contributed by atoms with E-state index >= 15 is 0 Å². The summed E-state index contributed by atoms with van der Waals surface area (Å²) in [6.07, 6.45) is 0. The predicted molar refractivity (Wildman–Crippen MR) is 70.7 cm³/mol.